The van der Waals surface area contributed by atoms with E-state index in [-0.39, 0.29) is 36.7 Å². The minimum absolute atomic E-state index is 0.106. The molecule has 0 saturated carbocycles. The molecule has 0 radical (unpaired) electrons. The van der Waals surface area contributed by atoms with Crippen molar-refractivity contribution in [2.75, 3.05) is 30.3 Å². The van der Waals surface area contributed by atoms with E-state index >= 15 is 0 Å². The largest absolute Gasteiger partial charge is 0.452 e. The van der Waals surface area contributed by atoms with Gasteiger partial charge >= 0.3 is 5.97 Å². The molecule has 1 aromatic rings. The van der Waals surface area contributed by atoms with Crippen molar-refractivity contribution in [3.05, 3.63) is 52.7 Å². The van der Waals surface area contributed by atoms with Crippen molar-refractivity contribution in [2.24, 2.45) is 4.40 Å². The Morgan fingerprint density at radius 1 is 1.35 bits per heavy atom. The molecule has 9 nitrogen and oxygen atoms in total. The second kappa shape index (κ2) is 9.32. The summed E-state index contributed by atoms with van der Waals surface area (Å²) < 4.78 is 31.9. The van der Waals surface area contributed by atoms with Crippen molar-refractivity contribution in [3.8, 4) is 6.07 Å². The predicted molar refractivity (Wildman–Crippen MR) is 115 cm³/mol. The van der Waals surface area contributed by atoms with Crippen LogP contribution in [0.1, 0.15) is 12.0 Å². The number of halogens is 1. The summed E-state index contributed by atoms with van der Waals surface area (Å²) in [5.74, 6) is -1.16. The molecule has 0 atom stereocenters. The van der Waals surface area contributed by atoms with Crippen LogP contribution in [0.2, 0.25) is 5.02 Å². The van der Waals surface area contributed by atoms with Crippen molar-refractivity contribution in [1.82, 2.24) is 4.90 Å². The fraction of sp³-hybridized carbons (Fsp3) is 0.300. The number of hydrogen-bond acceptors (Lipinski definition) is 7. The summed E-state index contributed by atoms with van der Waals surface area (Å²) in [6.45, 7) is 1.58. The predicted octanol–water partition coefficient (Wildman–Crippen LogP) is 1.94. The van der Waals surface area contributed by atoms with Gasteiger partial charge in [-0.25, -0.2) is 13.2 Å². The van der Waals surface area contributed by atoms with E-state index in [2.05, 4.69) is 4.40 Å². The summed E-state index contributed by atoms with van der Waals surface area (Å²) in [5, 5.41) is 9.44. The van der Waals surface area contributed by atoms with Gasteiger partial charge in [-0.3, -0.25) is 4.79 Å². The maximum Gasteiger partial charge on any atom is 0.340 e. The van der Waals surface area contributed by atoms with E-state index in [1.807, 2.05) is 6.07 Å². The zero-order valence-electron chi connectivity index (χ0n) is 16.6. The van der Waals surface area contributed by atoms with E-state index in [1.165, 1.54) is 28.2 Å². The van der Waals surface area contributed by atoms with Crippen LogP contribution in [0.25, 0.3) is 0 Å². The highest BCUT2D eigenvalue weighted by Crippen LogP contribution is 2.23. The van der Waals surface area contributed by atoms with Crippen molar-refractivity contribution >= 4 is 45.0 Å². The average molecular weight is 463 g/mol. The average Bonchev–Trinajstić information content (AvgIpc) is 2.73. The molecule has 1 amide bonds. The number of carbonyl (C=O) groups excluding carboxylic acids is 2. The molecule has 11 heteroatoms. The van der Waals surface area contributed by atoms with E-state index in [1.54, 1.807) is 25.1 Å². The van der Waals surface area contributed by atoms with E-state index < -0.39 is 28.5 Å². The van der Waals surface area contributed by atoms with Gasteiger partial charge in [0.1, 0.15) is 5.84 Å². The summed E-state index contributed by atoms with van der Waals surface area (Å²) in [6, 6.07) is 7.02. The number of nitriles is 1. The van der Waals surface area contributed by atoms with Gasteiger partial charge in [-0.05, 0) is 42.8 Å². The third-order valence-corrected chi connectivity index (χ3v) is 6.18. The van der Waals surface area contributed by atoms with Crippen molar-refractivity contribution in [1.29, 1.82) is 5.26 Å². The van der Waals surface area contributed by atoms with Gasteiger partial charge < -0.3 is 14.5 Å². The molecule has 0 saturated heterocycles. The zero-order chi connectivity index (χ0) is 22.6. The third-order valence-electron chi connectivity index (χ3n) is 4.59. The van der Waals surface area contributed by atoms with E-state index in [0.29, 0.717) is 10.7 Å². The Bertz CT molecular complexity index is 1150. The summed E-state index contributed by atoms with van der Waals surface area (Å²) >= 11 is 6.04. The number of nitrogens with zero attached hydrogens (tertiary/aromatic N) is 4. The lowest BCUT2D eigenvalue weighted by molar-refractivity contribution is -0.143. The molecule has 31 heavy (non-hydrogen) atoms. The number of carbonyl (C=O) groups is 2. The van der Waals surface area contributed by atoms with Gasteiger partial charge in [0.05, 0.1) is 23.8 Å². The van der Waals surface area contributed by atoms with Crippen LogP contribution in [0.3, 0.4) is 0 Å². The van der Waals surface area contributed by atoms with Gasteiger partial charge in [0.25, 0.3) is 15.9 Å². The molecular weight excluding hydrogens is 444 g/mol. The smallest absolute Gasteiger partial charge is 0.340 e. The molecule has 0 fully saturated rings. The highest BCUT2D eigenvalue weighted by Gasteiger charge is 2.26. The molecule has 1 aromatic carbocycles. The maximum absolute atomic E-state index is 12.7. The van der Waals surface area contributed by atoms with Gasteiger partial charge in [-0.15, -0.1) is 4.40 Å². The molecule has 0 N–H and O–H groups in total. The molecule has 2 aliphatic heterocycles. The standard InChI is InChI=1S/C20H19ClN4O5S/c1-14-11-16(4-5-17(14)21)25(8-2-7-22)19(26)13-30-20(27)15-3-6-18-23-31(28,29)10-9-24(18)12-15/h3-6,11-12H,2,8-10,13H2,1H3. The number of rotatable bonds is 6. The Morgan fingerprint density at radius 2 is 2.13 bits per heavy atom. The van der Waals surface area contributed by atoms with Crippen LogP contribution in [0, 0.1) is 18.3 Å². The molecule has 2 aliphatic rings. The Hall–Kier alpha value is -3.16. The molecule has 0 spiro atoms. The molecule has 0 bridgehead atoms. The van der Waals surface area contributed by atoms with E-state index in [0.717, 1.165) is 5.56 Å². The Balaban J connectivity index is 1.67. The molecule has 162 valence electrons. The third kappa shape index (κ3) is 5.51. The quantitative estimate of drug-likeness (QED) is 0.592. The second-order valence-electron chi connectivity index (χ2n) is 6.81. The number of esters is 1. The number of sulfonamides is 1. The van der Waals surface area contributed by atoms with Crippen LogP contribution < -0.4 is 4.90 Å². The molecule has 2 heterocycles. The van der Waals surface area contributed by atoms with Gasteiger partial charge in [0.15, 0.2) is 6.61 Å². The Labute approximate surface area is 184 Å². The lowest BCUT2D eigenvalue weighted by atomic mass is 10.2. The fourth-order valence-corrected chi connectivity index (χ4v) is 4.05. The molecule has 3 rings (SSSR count). The fourth-order valence-electron chi connectivity index (χ4n) is 2.97. The minimum Gasteiger partial charge on any atom is -0.452 e. The first-order valence-corrected chi connectivity index (χ1v) is 11.3. The summed E-state index contributed by atoms with van der Waals surface area (Å²) in [4.78, 5) is 28.0. The van der Waals surface area contributed by atoms with E-state index in [4.69, 9.17) is 21.6 Å². The van der Waals surface area contributed by atoms with Gasteiger partial charge in [-0.2, -0.15) is 5.26 Å². The SMILES string of the molecule is Cc1cc(N(CCC#N)C(=O)COC(=O)C2=CN3CCS(=O)(=O)N=C3C=C2)ccc1Cl. The number of hydrogen-bond donors (Lipinski definition) is 0. The number of ether oxygens (including phenoxy) is 1. The number of benzene rings is 1. The number of aryl methyl sites for hydroxylation is 1. The molecule has 0 unspecified atom stereocenters. The number of amidine groups is 1. The highest BCUT2D eigenvalue weighted by molar-refractivity contribution is 7.90. The van der Waals surface area contributed by atoms with Crippen molar-refractivity contribution < 1.29 is 22.7 Å². The summed E-state index contributed by atoms with van der Waals surface area (Å²) in [5.41, 5.74) is 1.48. The number of amides is 1. The monoisotopic (exact) mass is 462 g/mol. The second-order valence-corrected chi connectivity index (χ2v) is 8.97. The van der Waals surface area contributed by atoms with Crippen LogP contribution >= 0.6 is 11.6 Å². The van der Waals surface area contributed by atoms with Gasteiger partial charge in [0.2, 0.25) is 0 Å². The summed E-state index contributed by atoms with van der Waals surface area (Å²) in [7, 11) is -3.49. The van der Waals surface area contributed by atoms with Crippen LogP contribution in [-0.2, 0) is 24.3 Å². The lowest BCUT2D eigenvalue weighted by Crippen LogP contribution is -2.38. The maximum atomic E-state index is 12.7. The molecule has 0 aromatic heterocycles. The lowest BCUT2D eigenvalue weighted by Gasteiger charge is -2.27. The van der Waals surface area contributed by atoms with Gasteiger partial charge in [-0.1, -0.05) is 11.6 Å². The van der Waals surface area contributed by atoms with E-state index in [9.17, 15) is 18.0 Å². The van der Waals surface area contributed by atoms with Crippen LogP contribution in [0.4, 0.5) is 5.69 Å². The van der Waals surface area contributed by atoms with Crippen LogP contribution in [0.15, 0.2) is 46.5 Å². The Morgan fingerprint density at radius 3 is 2.84 bits per heavy atom. The molecular formula is C20H19ClN4O5S. The first-order valence-electron chi connectivity index (χ1n) is 9.30. The molecule has 0 aliphatic carbocycles. The first kappa shape index (κ1) is 22.5. The van der Waals surface area contributed by atoms with Gasteiger partial charge in [0, 0.05) is 30.0 Å². The number of anilines is 1. The number of fused-ring (bicyclic) bond motifs is 1. The minimum atomic E-state index is -3.49. The van der Waals surface area contributed by atoms with Crippen LogP contribution in [0.5, 0.6) is 0 Å². The Kier molecular flexibility index (Phi) is 6.77. The topological polar surface area (TPSA) is 120 Å². The first-order chi connectivity index (χ1) is 14.7. The summed E-state index contributed by atoms with van der Waals surface area (Å²) in [6.07, 6.45) is 4.34. The normalized spacial score (nSPS) is 16.5. The van der Waals surface area contributed by atoms with Crippen LogP contribution in [-0.4, -0.2) is 56.5 Å². The zero-order valence-corrected chi connectivity index (χ0v) is 18.2. The van der Waals surface area contributed by atoms with Crippen molar-refractivity contribution in [2.45, 2.75) is 13.3 Å². The highest BCUT2D eigenvalue weighted by atomic mass is 35.5. The van der Waals surface area contributed by atoms with Crippen molar-refractivity contribution in [3.63, 3.8) is 0 Å².